The van der Waals surface area contributed by atoms with Crippen molar-refractivity contribution in [2.75, 3.05) is 0 Å². The van der Waals surface area contributed by atoms with Crippen LogP contribution in [0.25, 0.3) is 0 Å². The van der Waals surface area contributed by atoms with Gasteiger partial charge in [-0.15, -0.1) is 11.8 Å². The molecule has 4 rings (SSSR count). The Morgan fingerprint density at radius 3 is 2.58 bits per heavy atom. The molecule has 134 valence electrons. The van der Waals surface area contributed by atoms with E-state index in [2.05, 4.69) is 10.1 Å². The number of aromatic nitrogens is 2. The molecule has 0 radical (unpaired) electrons. The Morgan fingerprint density at radius 2 is 1.88 bits per heavy atom. The van der Waals surface area contributed by atoms with Crippen LogP contribution in [-0.2, 0) is 5.54 Å². The van der Waals surface area contributed by atoms with E-state index in [0.717, 1.165) is 48.7 Å². The summed E-state index contributed by atoms with van der Waals surface area (Å²) in [5.74, 6) is -0.190. The van der Waals surface area contributed by atoms with E-state index >= 15 is 0 Å². The topological polar surface area (TPSA) is 64.9 Å². The van der Waals surface area contributed by atoms with Crippen molar-refractivity contribution in [3.8, 4) is 0 Å². The lowest BCUT2D eigenvalue weighted by molar-refractivity contribution is 0.229. The molecule has 1 unspecified atom stereocenters. The van der Waals surface area contributed by atoms with Gasteiger partial charge in [-0.2, -0.15) is 4.98 Å². The summed E-state index contributed by atoms with van der Waals surface area (Å²) in [7, 11) is 0. The predicted molar refractivity (Wildman–Crippen MR) is 94.5 cm³/mol. The average molecular weight is 373 g/mol. The van der Waals surface area contributed by atoms with Crippen LogP contribution in [0.3, 0.4) is 0 Å². The van der Waals surface area contributed by atoms with E-state index in [0.29, 0.717) is 11.7 Å². The maximum absolute atomic E-state index is 14.1. The predicted octanol–water partition coefficient (Wildman–Crippen LogP) is 4.57. The minimum Gasteiger partial charge on any atom is -0.338 e. The van der Waals surface area contributed by atoms with E-state index < -0.39 is 22.4 Å². The molecular weight excluding hydrogens is 356 g/mol. The van der Waals surface area contributed by atoms with Crippen molar-refractivity contribution in [3.05, 3.63) is 77.4 Å². The summed E-state index contributed by atoms with van der Waals surface area (Å²) in [4.78, 5) is 4.67. The molecule has 0 aliphatic heterocycles. The summed E-state index contributed by atoms with van der Waals surface area (Å²) in [5, 5.41) is 3.58. The second-order valence-corrected chi connectivity index (χ2v) is 7.60. The summed E-state index contributed by atoms with van der Waals surface area (Å²) in [6.45, 7) is 0. The molecular formula is C19H17F2N3OS. The quantitative estimate of drug-likeness (QED) is 0.664. The Bertz CT molecular complexity index is 912. The second-order valence-electron chi connectivity index (χ2n) is 6.45. The lowest BCUT2D eigenvalue weighted by atomic mass is 9.77. The Kier molecular flexibility index (Phi) is 4.50. The third-order valence-corrected chi connectivity index (χ3v) is 5.87. The van der Waals surface area contributed by atoms with Gasteiger partial charge in [0.05, 0.1) is 5.54 Å². The zero-order valence-electron chi connectivity index (χ0n) is 13.9. The van der Waals surface area contributed by atoms with Crippen LogP contribution in [0.5, 0.6) is 0 Å². The molecule has 1 heterocycles. The lowest BCUT2D eigenvalue weighted by Gasteiger charge is -2.34. The first kappa shape index (κ1) is 17.2. The van der Waals surface area contributed by atoms with Gasteiger partial charge in [0.15, 0.2) is 5.82 Å². The monoisotopic (exact) mass is 373 g/mol. The molecule has 2 aromatic carbocycles. The SMILES string of the molecule is NC1(c2noc(C(Sc3cc(F)ccc3F)c3ccccc3)n2)CCC1. The summed E-state index contributed by atoms with van der Waals surface area (Å²) < 4.78 is 33.2. The third kappa shape index (κ3) is 3.24. The van der Waals surface area contributed by atoms with E-state index in [1.165, 1.54) is 6.07 Å². The molecule has 1 aliphatic carbocycles. The van der Waals surface area contributed by atoms with E-state index in [9.17, 15) is 8.78 Å². The largest absolute Gasteiger partial charge is 0.338 e. The molecule has 1 aliphatic rings. The van der Waals surface area contributed by atoms with Crippen LogP contribution in [0.4, 0.5) is 8.78 Å². The van der Waals surface area contributed by atoms with Crippen LogP contribution >= 0.6 is 11.8 Å². The van der Waals surface area contributed by atoms with Gasteiger partial charge < -0.3 is 10.3 Å². The van der Waals surface area contributed by atoms with Crippen molar-refractivity contribution in [1.82, 2.24) is 10.1 Å². The van der Waals surface area contributed by atoms with Gasteiger partial charge in [-0.1, -0.05) is 35.5 Å². The molecule has 7 heteroatoms. The number of hydrogen-bond acceptors (Lipinski definition) is 5. The highest BCUT2D eigenvalue weighted by Gasteiger charge is 2.39. The summed E-state index contributed by atoms with van der Waals surface area (Å²) in [6, 6.07) is 12.8. The normalized spacial score (nSPS) is 16.9. The first-order valence-corrected chi connectivity index (χ1v) is 9.23. The zero-order valence-corrected chi connectivity index (χ0v) is 14.7. The minimum absolute atomic E-state index is 0.185. The maximum atomic E-state index is 14.1. The molecule has 0 saturated heterocycles. The van der Waals surface area contributed by atoms with Gasteiger partial charge in [-0.25, -0.2) is 8.78 Å². The zero-order chi connectivity index (χ0) is 18.1. The fourth-order valence-corrected chi connectivity index (χ4v) is 4.01. The van der Waals surface area contributed by atoms with E-state index in [1.807, 2.05) is 30.3 Å². The molecule has 4 nitrogen and oxygen atoms in total. The van der Waals surface area contributed by atoms with Gasteiger partial charge in [-0.3, -0.25) is 0 Å². The molecule has 2 N–H and O–H groups in total. The van der Waals surface area contributed by atoms with Crippen LogP contribution < -0.4 is 5.73 Å². The highest BCUT2D eigenvalue weighted by molar-refractivity contribution is 7.99. The van der Waals surface area contributed by atoms with E-state index in [1.54, 1.807) is 0 Å². The number of thioether (sulfide) groups is 1. The minimum atomic E-state index is -0.544. The van der Waals surface area contributed by atoms with Gasteiger partial charge in [0.25, 0.3) is 0 Å². The van der Waals surface area contributed by atoms with Crippen LogP contribution in [0.1, 0.15) is 41.8 Å². The molecule has 3 aromatic rings. The first-order chi connectivity index (χ1) is 12.5. The number of hydrogen-bond donors (Lipinski definition) is 1. The molecule has 1 aromatic heterocycles. The van der Waals surface area contributed by atoms with Crippen LogP contribution in [0.15, 0.2) is 57.9 Å². The van der Waals surface area contributed by atoms with E-state index in [4.69, 9.17) is 10.3 Å². The van der Waals surface area contributed by atoms with Gasteiger partial charge in [0.1, 0.15) is 16.9 Å². The van der Waals surface area contributed by atoms with Gasteiger partial charge in [0.2, 0.25) is 5.89 Å². The molecule has 1 saturated carbocycles. The van der Waals surface area contributed by atoms with Crippen molar-refractivity contribution < 1.29 is 13.3 Å². The summed E-state index contributed by atoms with van der Waals surface area (Å²) in [5.41, 5.74) is 6.59. The molecule has 26 heavy (non-hydrogen) atoms. The Hall–Kier alpha value is -2.25. The van der Waals surface area contributed by atoms with Crippen molar-refractivity contribution in [2.24, 2.45) is 5.73 Å². The van der Waals surface area contributed by atoms with Gasteiger partial charge in [-0.05, 0) is 43.0 Å². The smallest absolute Gasteiger partial charge is 0.244 e. The summed E-state index contributed by atoms with van der Waals surface area (Å²) in [6.07, 6.45) is 2.66. The molecule has 0 bridgehead atoms. The van der Waals surface area contributed by atoms with Crippen molar-refractivity contribution in [1.29, 1.82) is 0 Å². The number of nitrogens with zero attached hydrogens (tertiary/aromatic N) is 2. The Morgan fingerprint density at radius 1 is 1.12 bits per heavy atom. The van der Waals surface area contributed by atoms with Gasteiger partial charge in [0, 0.05) is 4.90 Å². The van der Waals surface area contributed by atoms with Gasteiger partial charge >= 0.3 is 0 Å². The number of benzene rings is 2. The highest BCUT2D eigenvalue weighted by Crippen LogP contribution is 2.43. The third-order valence-electron chi connectivity index (χ3n) is 4.60. The molecule has 1 fully saturated rings. The van der Waals surface area contributed by atoms with Crippen molar-refractivity contribution in [2.45, 2.75) is 34.9 Å². The Balaban J connectivity index is 1.71. The van der Waals surface area contributed by atoms with Crippen LogP contribution in [0, 0.1) is 11.6 Å². The molecule has 0 spiro atoms. The number of rotatable bonds is 5. The van der Waals surface area contributed by atoms with E-state index in [-0.39, 0.29) is 4.90 Å². The number of halogens is 2. The maximum Gasteiger partial charge on any atom is 0.244 e. The average Bonchev–Trinajstić information content (AvgIpc) is 3.11. The molecule has 0 amide bonds. The number of nitrogens with two attached hydrogens (primary N) is 1. The first-order valence-electron chi connectivity index (χ1n) is 8.35. The second kappa shape index (κ2) is 6.81. The van der Waals surface area contributed by atoms with Crippen molar-refractivity contribution in [3.63, 3.8) is 0 Å². The van der Waals surface area contributed by atoms with Crippen LogP contribution in [0.2, 0.25) is 0 Å². The Labute approximate surface area is 153 Å². The fraction of sp³-hybridized carbons (Fsp3) is 0.263. The molecule has 1 atom stereocenters. The van der Waals surface area contributed by atoms with Crippen molar-refractivity contribution >= 4 is 11.8 Å². The lowest BCUT2D eigenvalue weighted by Crippen LogP contribution is -2.44. The fourth-order valence-electron chi connectivity index (χ4n) is 2.91. The summed E-state index contributed by atoms with van der Waals surface area (Å²) >= 11 is 1.13. The van der Waals surface area contributed by atoms with Crippen LogP contribution in [-0.4, -0.2) is 10.1 Å². The standard InChI is InChI=1S/C19H17F2N3OS/c20-13-7-8-14(21)15(11-13)26-16(12-5-2-1-3-6-12)17-23-18(24-25-17)19(22)9-4-10-19/h1-3,5-8,11,16H,4,9-10,22H2. The highest BCUT2D eigenvalue weighted by atomic mass is 32.2.